The molecule has 0 aromatic heterocycles. The van der Waals surface area contributed by atoms with Crippen LogP contribution in [-0.4, -0.2) is 48.4 Å². The highest BCUT2D eigenvalue weighted by atomic mass is 16.5. The Balaban J connectivity index is 1.84. The minimum Gasteiger partial charge on any atom is -0.465 e. The average Bonchev–Trinajstić information content (AvgIpc) is 2.72. The largest absolute Gasteiger partial charge is 0.465 e. The first-order valence-electron chi connectivity index (χ1n) is 7.63. The lowest BCUT2D eigenvalue weighted by Crippen LogP contribution is -2.42. The molecule has 120 valence electrons. The third-order valence-corrected chi connectivity index (χ3v) is 3.82. The number of carboxylic acid groups (broad SMARTS) is 1. The Hall–Kier alpha value is -1.85. The van der Waals surface area contributed by atoms with Crippen molar-refractivity contribution in [1.29, 1.82) is 0 Å². The molecule has 2 atom stereocenters. The van der Waals surface area contributed by atoms with Gasteiger partial charge >= 0.3 is 6.09 Å². The van der Waals surface area contributed by atoms with E-state index in [2.05, 4.69) is 11.9 Å². The van der Waals surface area contributed by atoms with Gasteiger partial charge in [0, 0.05) is 25.7 Å². The third-order valence-electron chi connectivity index (χ3n) is 3.82. The Morgan fingerprint density at radius 3 is 2.86 bits per heavy atom. The van der Waals surface area contributed by atoms with E-state index in [9.17, 15) is 9.90 Å². The van der Waals surface area contributed by atoms with E-state index in [0.29, 0.717) is 26.3 Å². The molecule has 1 aromatic carbocycles. The summed E-state index contributed by atoms with van der Waals surface area (Å²) in [6.45, 7) is 6.57. The van der Waals surface area contributed by atoms with Gasteiger partial charge in [0.2, 0.25) is 0 Å². The molecule has 2 unspecified atom stereocenters. The predicted molar refractivity (Wildman–Crippen MR) is 85.8 cm³/mol. The number of benzene rings is 1. The van der Waals surface area contributed by atoms with Crippen molar-refractivity contribution in [2.45, 2.75) is 19.1 Å². The number of nitrogens with zero attached hydrogens (tertiary/aromatic N) is 1. The van der Waals surface area contributed by atoms with Crippen LogP contribution < -0.4 is 5.32 Å². The van der Waals surface area contributed by atoms with E-state index in [1.165, 1.54) is 4.90 Å². The van der Waals surface area contributed by atoms with E-state index < -0.39 is 6.09 Å². The van der Waals surface area contributed by atoms with Gasteiger partial charge in [-0.25, -0.2) is 4.79 Å². The van der Waals surface area contributed by atoms with Crippen LogP contribution in [0.1, 0.15) is 12.0 Å². The van der Waals surface area contributed by atoms with Gasteiger partial charge in [0.25, 0.3) is 0 Å². The van der Waals surface area contributed by atoms with E-state index in [-0.39, 0.29) is 12.0 Å². The number of rotatable bonds is 6. The van der Waals surface area contributed by atoms with Crippen molar-refractivity contribution >= 4 is 6.09 Å². The summed E-state index contributed by atoms with van der Waals surface area (Å²) in [6, 6.07) is 9.99. The molecule has 0 radical (unpaired) electrons. The normalized spacial score (nSPS) is 22.1. The van der Waals surface area contributed by atoms with Gasteiger partial charge in [0.15, 0.2) is 0 Å². The van der Waals surface area contributed by atoms with Gasteiger partial charge < -0.3 is 20.1 Å². The monoisotopic (exact) mass is 304 g/mol. The molecule has 2 rings (SSSR count). The summed E-state index contributed by atoms with van der Waals surface area (Å²) in [5.74, 6) is 0.271. The van der Waals surface area contributed by atoms with Gasteiger partial charge in [-0.2, -0.15) is 0 Å². The van der Waals surface area contributed by atoms with Crippen LogP contribution in [0, 0.1) is 5.92 Å². The molecule has 1 amide bonds. The molecule has 0 bridgehead atoms. The number of ether oxygens (including phenoxy) is 1. The zero-order valence-electron chi connectivity index (χ0n) is 12.8. The first-order valence-corrected chi connectivity index (χ1v) is 7.63. The number of hydrogen-bond donors (Lipinski definition) is 2. The second kappa shape index (κ2) is 8.56. The summed E-state index contributed by atoms with van der Waals surface area (Å²) >= 11 is 0. The molecule has 1 aliphatic rings. The fourth-order valence-electron chi connectivity index (χ4n) is 2.67. The van der Waals surface area contributed by atoms with E-state index in [1.54, 1.807) is 0 Å². The number of hydrogen-bond acceptors (Lipinski definition) is 3. The van der Waals surface area contributed by atoms with Gasteiger partial charge in [0.1, 0.15) is 0 Å². The fourth-order valence-corrected chi connectivity index (χ4v) is 2.67. The molecule has 1 aromatic rings. The van der Waals surface area contributed by atoms with Crippen molar-refractivity contribution in [3.8, 4) is 0 Å². The van der Waals surface area contributed by atoms with Crippen LogP contribution in [0.5, 0.6) is 0 Å². The van der Waals surface area contributed by atoms with Crippen LogP contribution in [0.4, 0.5) is 4.79 Å². The lowest BCUT2D eigenvalue weighted by Gasteiger charge is -2.22. The van der Waals surface area contributed by atoms with Gasteiger partial charge in [-0.15, -0.1) is 6.58 Å². The van der Waals surface area contributed by atoms with E-state index in [0.717, 1.165) is 18.5 Å². The highest BCUT2D eigenvalue weighted by Gasteiger charge is 2.26. The minimum absolute atomic E-state index is 0.0228. The summed E-state index contributed by atoms with van der Waals surface area (Å²) in [5, 5.41) is 12.7. The van der Waals surface area contributed by atoms with Crippen LogP contribution in [0.2, 0.25) is 0 Å². The highest BCUT2D eigenvalue weighted by Crippen LogP contribution is 2.12. The van der Waals surface area contributed by atoms with Gasteiger partial charge in [-0.1, -0.05) is 36.4 Å². The quantitative estimate of drug-likeness (QED) is 0.792. The maximum absolute atomic E-state index is 11.3. The zero-order valence-corrected chi connectivity index (χ0v) is 12.8. The summed E-state index contributed by atoms with van der Waals surface area (Å²) in [5.41, 5.74) is 1.12. The summed E-state index contributed by atoms with van der Waals surface area (Å²) in [6.07, 6.45) is 1.79. The fraction of sp³-hybridized carbons (Fsp3) is 0.471. The molecule has 0 spiro atoms. The smallest absolute Gasteiger partial charge is 0.407 e. The molecule has 1 saturated heterocycles. The predicted octanol–water partition coefficient (Wildman–Crippen LogP) is 2.35. The molecule has 0 saturated carbocycles. The van der Waals surface area contributed by atoms with Crippen LogP contribution in [0.25, 0.3) is 0 Å². The van der Waals surface area contributed by atoms with Crippen LogP contribution in [-0.2, 0) is 11.3 Å². The van der Waals surface area contributed by atoms with E-state index in [1.807, 2.05) is 36.4 Å². The van der Waals surface area contributed by atoms with Crippen molar-refractivity contribution in [3.05, 3.63) is 48.6 Å². The topological polar surface area (TPSA) is 61.8 Å². The molecule has 5 heteroatoms. The Bertz CT molecular complexity index is 478. The lowest BCUT2D eigenvalue weighted by molar-refractivity contribution is 0.0875. The van der Waals surface area contributed by atoms with E-state index >= 15 is 0 Å². The first-order chi connectivity index (χ1) is 10.7. The summed E-state index contributed by atoms with van der Waals surface area (Å²) in [7, 11) is 0. The van der Waals surface area contributed by atoms with Gasteiger partial charge in [-0.3, -0.25) is 0 Å². The molecule has 22 heavy (non-hydrogen) atoms. The Kier molecular flexibility index (Phi) is 6.43. The van der Waals surface area contributed by atoms with Gasteiger partial charge in [-0.05, 0) is 17.9 Å². The van der Waals surface area contributed by atoms with Crippen molar-refractivity contribution in [2.75, 3.05) is 26.2 Å². The standard InChI is InChI=1S/C17H24N2O3/c1-2-6-15-9-18-16(11-19(10-15)17(20)21)13-22-12-14-7-4-3-5-8-14/h2-5,7-8,15-16,18H,1,6,9-13H2,(H,20,21). The van der Waals surface area contributed by atoms with Crippen LogP contribution in [0.3, 0.4) is 0 Å². The van der Waals surface area contributed by atoms with Crippen molar-refractivity contribution in [3.63, 3.8) is 0 Å². The number of nitrogens with one attached hydrogen (secondary N) is 1. The molecule has 2 N–H and O–H groups in total. The second-order valence-corrected chi connectivity index (χ2v) is 5.68. The molecule has 1 fully saturated rings. The second-order valence-electron chi connectivity index (χ2n) is 5.68. The molecule has 1 heterocycles. The van der Waals surface area contributed by atoms with Gasteiger partial charge in [0.05, 0.1) is 13.2 Å². The SMILES string of the molecule is C=CCC1CNC(COCc2ccccc2)CN(C(=O)O)C1. The number of allylic oxidation sites excluding steroid dienone is 1. The maximum atomic E-state index is 11.3. The Morgan fingerprint density at radius 1 is 1.41 bits per heavy atom. The van der Waals surface area contributed by atoms with Crippen molar-refractivity contribution in [2.24, 2.45) is 5.92 Å². The van der Waals surface area contributed by atoms with Crippen LogP contribution >= 0.6 is 0 Å². The van der Waals surface area contributed by atoms with Crippen LogP contribution in [0.15, 0.2) is 43.0 Å². The first kappa shape index (κ1) is 16.5. The van der Waals surface area contributed by atoms with Crippen molar-refractivity contribution < 1.29 is 14.6 Å². The number of amides is 1. The molecule has 1 aliphatic heterocycles. The number of carbonyl (C=O) groups is 1. The zero-order chi connectivity index (χ0) is 15.8. The minimum atomic E-state index is -0.870. The maximum Gasteiger partial charge on any atom is 0.407 e. The molecule has 0 aliphatic carbocycles. The third kappa shape index (κ3) is 5.16. The Morgan fingerprint density at radius 2 is 2.18 bits per heavy atom. The van der Waals surface area contributed by atoms with Crippen molar-refractivity contribution in [1.82, 2.24) is 10.2 Å². The molecular formula is C17H24N2O3. The molecule has 5 nitrogen and oxygen atoms in total. The van der Waals surface area contributed by atoms with E-state index in [4.69, 9.17) is 4.74 Å². The lowest BCUT2D eigenvalue weighted by atomic mass is 10.1. The summed E-state index contributed by atoms with van der Waals surface area (Å²) in [4.78, 5) is 12.8. The highest BCUT2D eigenvalue weighted by molar-refractivity contribution is 5.65. The average molecular weight is 304 g/mol. The Labute approximate surface area is 131 Å². The summed E-state index contributed by atoms with van der Waals surface area (Å²) < 4.78 is 5.74. The molecular weight excluding hydrogens is 280 g/mol.